The van der Waals surface area contributed by atoms with Crippen LogP contribution < -0.4 is 9.80 Å². The number of aromatic nitrogens is 4. The molecule has 1 fully saturated rings. The summed E-state index contributed by atoms with van der Waals surface area (Å²) in [5.41, 5.74) is 2.93. The molecule has 3 aromatic rings. The van der Waals surface area contributed by atoms with Gasteiger partial charge in [0.25, 0.3) is 0 Å². The van der Waals surface area contributed by atoms with Crippen LogP contribution >= 0.6 is 0 Å². The molecule has 5 rings (SSSR count). The molecule has 8 nitrogen and oxygen atoms in total. The monoisotopic (exact) mass is 398 g/mol. The Morgan fingerprint density at radius 2 is 2.03 bits per heavy atom. The fourth-order valence-corrected chi connectivity index (χ4v) is 4.05. The highest BCUT2D eigenvalue weighted by molar-refractivity contribution is 5.77. The predicted octanol–water partition coefficient (Wildman–Crippen LogP) is 2.00. The smallest absolute Gasteiger partial charge is 0.208 e. The molecule has 1 unspecified atom stereocenters. The van der Waals surface area contributed by atoms with E-state index in [1.54, 1.807) is 12.4 Å². The van der Waals surface area contributed by atoms with Gasteiger partial charge in [-0.1, -0.05) is 0 Å². The van der Waals surface area contributed by atoms with Crippen molar-refractivity contribution in [2.75, 3.05) is 16.4 Å². The molecule has 0 spiro atoms. The number of anilines is 2. The van der Waals surface area contributed by atoms with Crippen LogP contribution in [0.1, 0.15) is 31.5 Å². The maximum Gasteiger partial charge on any atom is 0.208 e. The van der Waals surface area contributed by atoms with Crippen molar-refractivity contribution < 1.29 is 14.6 Å². The minimum absolute atomic E-state index is 0.115. The highest BCUT2D eigenvalue weighted by Crippen LogP contribution is 2.45. The number of rotatable bonds is 7. The summed E-state index contributed by atoms with van der Waals surface area (Å²) in [5, 5.41) is 20.2. The Balaban J connectivity index is 1.51. The number of hydrogen-bond acceptors (Lipinski definition) is 7. The van der Waals surface area contributed by atoms with Crippen molar-refractivity contribution in [3.63, 3.8) is 0 Å². The molecule has 3 aromatic heterocycles. The number of pyridine rings is 2. The maximum atomic E-state index is 13.7. The van der Waals surface area contributed by atoms with Gasteiger partial charge in [-0.3, -0.25) is 4.98 Å². The van der Waals surface area contributed by atoms with Gasteiger partial charge in [0.15, 0.2) is 5.65 Å². The minimum atomic E-state index is -0.794. The molecule has 0 aromatic carbocycles. The Morgan fingerprint density at radius 3 is 2.83 bits per heavy atom. The van der Waals surface area contributed by atoms with Crippen molar-refractivity contribution in [2.24, 2.45) is 0 Å². The SMILES string of the molecule is OCCCCn1c(CN2c3cnccc3N(C3CC3)C2O)nc2cc(F)cnc21. The zero-order chi connectivity index (χ0) is 20.0. The van der Waals surface area contributed by atoms with Crippen LogP contribution in [-0.4, -0.2) is 48.7 Å². The number of aryl methyl sites for hydroxylation is 1. The van der Waals surface area contributed by atoms with Gasteiger partial charge in [0.2, 0.25) is 6.35 Å². The zero-order valence-electron chi connectivity index (χ0n) is 15.9. The lowest BCUT2D eigenvalue weighted by Gasteiger charge is -2.28. The quantitative estimate of drug-likeness (QED) is 0.588. The van der Waals surface area contributed by atoms with Gasteiger partial charge in [0, 0.05) is 31.5 Å². The predicted molar refractivity (Wildman–Crippen MR) is 106 cm³/mol. The molecule has 1 atom stereocenters. The Morgan fingerprint density at radius 1 is 1.17 bits per heavy atom. The summed E-state index contributed by atoms with van der Waals surface area (Å²) in [7, 11) is 0. The Bertz CT molecular complexity index is 1040. The molecule has 0 amide bonds. The molecule has 29 heavy (non-hydrogen) atoms. The number of aliphatic hydroxyl groups is 2. The lowest BCUT2D eigenvalue weighted by molar-refractivity contribution is 0.167. The summed E-state index contributed by atoms with van der Waals surface area (Å²) in [6.45, 7) is 1.08. The van der Waals surface area contributed by atoms with Crippen molar-refractivity contribution in [1.29, 1.82) is 0 Å². The number of fused-ring (bicyclic) bond motifs is 2. The summed E-state index contributed by atoms with van der Waals surface area (Å²) in [5.74, 6) is 0.266. The van der Waals surface area contributed by atoms with Gasteiger partial charge in [-0.2, -0.15) is 0 Å². The third kappa shape index (κ3) is 3.20. The number of hydrogen-bond donors (Lipinski definition) is 2. The normalized spacial score (nSPS) is 18.7. The van der Waals surface area contributed by atoms with Gasteiger partial charge in [-0.25, -0.2) is 14.4 Å². The Hall–Kier alpha value is -2.78. The van der Waals surface area contributed by atoms with Gasteiger partial charge < -0.3 is 24.6 Å². The molecule has 0 saturated heterocycles. The molecular weight excluding hydrogens is 375 g/mol. The first-order chi connectivity index (χ1) is 14.2. The Labute approximate surface area is 167 Å². The van der Waals surface area contributed by atoms with E-state index in [1.807, 2.05) is 20.4 Å². The number of nitrogens with zero attached hydrogens (tertiary/aromatic N) is 6. The second kappa shape index (κ2) is 7.23. The molecule has 0 bridgehead atoms. The largest absolute Gasteiger partial charge is 0.396 e. The molecular formula is C20H23FN6O2. The fraction of sp³-hybridized carbons (Fsp3) is 0.450. The molecule has 9 heteroatoms. The highest BCUT2D eigenvalue weighted by Gasteiger charge is 2.43. The second-order valence-corrected chi connectivity index (χ2v) is 7.58. The molecule has 1 saturated carbocycles. The molecule has 152 valence electrons. The van der Waals surface area contributed by atoms with E-state index in [0.29, 0.717) is 42.5 Å². The van der Waals surface area contributed by atoms with Crippen molar-refractivity contribution in [2.45, 2.75) is 51.2 Å². The fourth-order valence-electron chi connectivity index (χ4n) is 4.05. The van der Waals surface area contributed by atoms with Crippen LogP contribution in [0.25, 0.3) is 11.2 Å². The van der Waals surface area contributed by atoms with Gasteiger partial charge in [-0.15, -0.1) is 0 Å². The number of imidazole rings is 1. The third-order valence-corrected chi connectivity index (χ3v) is 5.57. The lowest BCUT2D eigenvalue weighted by Crippen LogP contribution is -2.44. The average molecular weight is 398 g/mol. The standard InChI is InChI=1S/C20H23FN6O2/c21-13-9-15-19(23-10-13)25(7-1-2-8-28)18(24-15)12-26-17-11-22-6-5-16(17)27(20(26)29)14-3-4-14/h5-6,9-11,14,20,28-29H,1-4,7-8,12H2. The summed E-state index contributed by atoms with van der Waals surface area (Å²) in [6.07, 6.45) is 7.44. The average Bonchev–Trinajstić information content (AvgIpc) is 3.44. The summed E-state index contributed by atoms with van der Waals surface area (Å²) < 4.78 is 15.6. The summed E-state index contributed by atoms with van der Waals surface area (Å²) in [4.78, 5) is 17.0. The lowest BCUT2D eigenvalue weighted by atomic mass is 10.3. The van der Waals surface area contributed by atoms with Crippen LogP contribution in [0.5, 0.6) is 0 Å². The zero-order valence-corrected chi connectivity index (χ0v) is 15.9. The van der Waals surface area contributed by atoms with E-state index in [-0.39, 0.29) is 6.61 Å². The van der Waals surface area contributed by atoms with E-state index in [0.717, 1.165) is 30.6 Å². The van der Waals surface area contributed by atoms with E-state index < -0.39 is 12.2 Å². The van der Waals surface area contributed by atoms with Crippen molar-refractivity contribution in [3.05, 3.63) is 42.4 Å². The molecule has 1 aliphatic heterocycles. The maximum absolute atomic E-state index is 13.7. The summed E-state index contributed by atoms with van der Waals surface area (Å²) in [6, 6.07) is 3.65. The first kappa shape index (κ1) is 18.3. The van der Waals surface area contributed by atoms with Crippen LogP contribution in [0, 0.1) is 5.82 Å². The molecule has 4 heterocycles. The summed E-state index contributed by atoms with van der Waals surface area (Å²) >= 11 is 0. The van der Waals surface area contributed by atoms with Crippen molar-refractivity contribution >= 4 is 22.5 Å². The van der Waals surface area contributed by atoms with Crippen LogP contribution in [0.2, 0.25) is 0 Å². The number of unbranched alkanes of at least 4 members (excludes halogenated alkanes) is 1. The van der Waals surface area contributed by atoms with E-state index in [9.17, 15) is 9.50 Å². The highest BCUT2D eigenvalue weighted by atomic mass is 19.1. The van der Waals surface area contributed by atoms with Crippen LogP contribution in [0.3, 0.4) is 0 Å². The molecule has 1 aliphatic carbocycles. The first-order valence-corrected chi connectivity index (χ1v) is 9.96. The van der Waals surface area contributed by atoms with Gasteiger partial charge in [0.05, 0.1) is 30.3 Å². The second-order valence-electron chi connectivity index (χ2n) is 7.58. The molecule has 2 aliphatic rings. The van der Waals surface area contributed by atoms with E-state index >= 15 is 0 Å². The third-order valence-electron chi connectivity index (χ3n) is 5.57. The van der Waals surface area contributed by atoms with E-state index in [2.05, 4.69) is 15.0 Å². The number of halogens is 1. The van der Waals surface area contributed by atoms with Crippen LogP contribution in [-0.2, 0) is 13.1 Å². The minimum Gasteiger partial charge on any atom is -0.396 e. The van der Waals surface area contributed by atoms with Gasteiger partial charge in [0.1, 0.15) is 17.2 Å². The topological polar surface area (TPSA) is 90.5 Å². The first-order valence-electron chi connectivity index (χ1n) is 9.96. The van der Waals surface area contributed by atoms with Crippen molar-refractivity contribution in [3.8, 4) is 0 Å². The molecule has 0 radical (unpaired) electrons. The van der Waals surface area contributed by atoms with E-state index in [1.165, 1.54) is 12.3 Å². The van der Waals surface area contributed by atoms with Crippen molar-refractivity contribution in [1.82, 2.24) is 19.5 Å². The molecule has 2 N–H and O–H groups in total. The van der Waals surface area contributed by atoms with E-state index in [4.69, 9.17) is 5.11 Å². The van der Waals surface area contributed by atoms with Crippen LogP contribution in [0.4, 0.5) is 15.8 Å². The van der Waals surface area contributed by atoms with Gasteiger partial charge >= 0.3 is 0 Å². The van der Waals surface area contributed by atoms with Crippen LogP contribution in [0.15, 0.2) is 30.7 Å². The van der Waals surface area contributed by atoms with Gasteiger partial charge in [-0.05, 0) is 31.7 Å². The number of aliphatic hydroxyl groups excluding tert-OH is 2. The Kier molecular flexibility index (Phi) is 4.56.